The number of nitrogens with zero attached hydrogens (tertiary/aromatic N) is 8. The van der Waals surface area contributed by atoms with Gasteiger partial charge in [0.25, 0.3) is 0 Å². The van der Waals surface area contributed by atoms with Crippen LogP contribution in [0, 0.1) is 141 Å². The number of aliphatic hydroxyl groups is 3. The third-order valence-corrected chi connectivity index (χ3v) is 31.7. The third-order valence-electron chi connectivity index (χ3n) is 31.2. The second-order valence-electron chi connectivity index (χ2n) is 36.5. The Morgan fingerprint density at radius 2 is 0.922 bits per heavy atom. The van der Waals surface area contributed by atoms with Crippen molar-refractivity contribution in [2.75, 3.05) is 11.9 Å². The van der Waals surface area contributed by atoms with Crippen LogP contribution in [-0.2, 0) is 41.9 Å². The summed E-state index contributed by atoms with van der Waals surface area (Å²) in [6.45, 7) is 21.8. The summed E-state index contributed by atoms with van der Waals surface area (Å²) < 4.78 is 6.53. The van der Waals surface area contributed by atoms with E-state index in [1.165, 1.54) is 116 Å². The van der Waals surface area contributed by atoms with Gasteiger partial charge in [-0.25, -0.2) is 9.48 Å². The molecule has 1 saturated heterocycles. The minimum atomic E-state index is -0.799. The fraction of sp³-hybridized carbons (Fsp3) is 0.875. The first-order valence-corrected chi connectivity index (χ1v) is 41.2. The van der Waals surface area contributed by atoms with E-state index in [9.17, 15) is 39.8 Å². The predicted octanol–water partition coefficient (Wildman–Crippen LogP) is 7.52. The van der Waals surface area contributed by atoms with Gasteiger partial charge in [-0.05, 0) is 310 Å². The van der Waals surface area contributed by atoms with Gasteiger partial charge in [-0.3, -0.25) is 14.4 Å². The molecule has 28 atom stereocenters. The third kappa shape index (κ3) is 17.7. The molecule has 3 aromatic heterocycles. The molecule has 1 aliphatic heterocycles. The molecule has 0 aromatic carbocycles. The van der Waals surface area contributed by atoms with Gasteiger partial charge in [0, 0.05) is 30.6 Å². The molecule has 16 rings (SSSR count). The Morgan fingerprint density at radius 1 is 0.529 bits per heavy atom. The SMILES string of the molecule is CC[C@@H]1C[C@H](C(=O)CBr)[C@@]2(C)CC[C@H]3[C@@H](CC[C@@H]4C[C@](C)(O)CC[C@@H]43)[C@H]12.CC[C@@H]1C[C@H](C(=O)Cn2ccnn2)[C@@]2(C)CC[C@H]3[C@@H](CC[C@@H]4C[C@](C)(O)CC[C@@H]43)[C@H]12.CC[C@@H]1C[C@H](C(=O)Cn2nccn2)[C@@]2(C)CC[C@H]3[C@@H](CC[C@@H]4C[C@](C)(O)CC[C@@H]43)[C@H]12.O=C(O[O-])C1CCCO1.[H-].[K+].[K+].c1cn[nH]n1. The minimum Gasteiger partial charge on any atom is -1.00 e. The number of fused-ring (bicyclic) bond motifs is 15. The molecule has 102 heavy (non-hydrogen) atoms. The van der Waals surface area contributed by atoms with Crippen LogP contribution in [0.1, 0.15) is 250 Å². The van der Waals surface area contributed by atoms with Crippen molar-refractivity contribution in [2.24, 2.45) is 141 Å². The molecule has 12 saturated carbocycles. The van der Waals surface area contributed by atoms with Crippen molar-refractivity contribution in [3.8, 4) is 0 Å². The number of nitrogens with one attached hydrogen (secondary N) is 1. The maximum Gasteiger partial charge on any atom is 1.00 e. The summed E-state index contributed by atoms with van der Waals surface area (Å²) in [7, 11) is 0. The Hall–Kier alpha value is -0.547. The number of aromatic amines is 1. The second-order valence-corrected chi connectivity index (χ2v) is 37.1. The molecule has 13 aliphatic rings. The van der Waals surface area contributed by atoms with E-state index in [-0.39, 0.29) is 138 Å². The smallest absolute Gasteiger partial charge is 1.00 e. The van der Waals surface area contributed by atoms with Crippen molar-refractivity contribution in [3.05, 3.63) is 37.2 Å². The number of H-pyrrole nitrogens is 1. The van der Waals surface area contributed by atoms with Crippen LogP contribution in [0.5, 0.6) is 0 Å². The zero-order valence-corrected chi connectivity index (χ0v) is 72.0. The van der Waals surface area contributed by atoms with Gasteiger partial charge >= 0.3 is 109 Å². The average Bonchev–Trinajstić information content (AvgIpc) is 1.63. The van der Waals surface area contributed by atoms with Gasteiger partial charge in [0.1, 0.15) is 18.9 Å². The van der Waals surface area contributed by atoms with Gasteiger partial charge in [0.05, 0.1) is 53.1 Å². The van der Waals surface area contributed by atoms with Crippen LogP contribution >= 0.6 is 15.9 Å². The van der Waals surface area contributed by atoms with Crippen molar-refractivity contribution < 1.29 is 154 Å². The molecule has 560 valence electrons. The Labute approximate surface area is 704 Å². The Balaban J connectivity index is 0.000000161. The van der Waals surface area contributed by atoms with E-state index in [4.69, 9.17) is 4.74 Å². The van der Waals surface area contributed by atoms with Crippen LogP contribution in [0.4, 0.5) is 0 Å². The number of ketones is 3. The van der Waals surface area contributed by atoms with E-state index in [1.54, 1.807) is 46.7 Å². The minimum absolute atomic E-state index is 0. The number of Topliss-reactive ketones (excluding diaryl/α,β-unsaturated/α-hetero) is 3. The number of aromatic nitrogens is 9. The monoisotopic (exact) mass is 1530 g/mol. The molecular weight excluding hydrogens is 1410 g/mol. The normalized spacial score (nSPS) is 44.5. The fourth-order valence-electron chi connectivity index (χ4n) is 27.1. The van der Waals surface area contributed by atoms with E-state index >= 15 is 0 Å². The van der Waals surface area contributed by atoms with Crippen molar-refractivity contribution in [1.29, 1.82) is 0 Å². The zero-order valence-electron chi connectivity index (χ0n) is 65.2. The molecule has 12 aliphatic carbocycles. The molecule has 0 radical (unpaired) electrons. The number of carbonyl (C=O) groups excluding carboxylic acids is 4. The molecule has 13 fully saturated rings. The average molecular weight is 1530 g/mol. The van der Waals surface area contributed by atoms with Gasteiger partial charge in [-0.1, -0.05) is 81.9 Å². The number of carbonyl (C=O) groups is 4. The molecule has 22 heteroatoms. The van der Waals surface area contributed by atoms with Crippen LogP contribution in [0.2, 0.25) is 0 Å². The van der Waals surface area contributed by atoms with Crippen molar-refractivity contribution in [1.82, 2.24) is 45.4 Å². The number of rotatable bonds is 12. The van der Waals surface area contributed by atoms with E-state index in [0.29, 0.717) is 84.3 Å². The molecule has 19 nitrogen and oxygen atoms in total. The van der Waals surface area contributed by atoms with E-state index in [2.05, 4.69) is 98.3 Å². The van der Waals surface area contributed by atoms with E-state index in [1.807, 2.05) is 20.8 Å². The molecule has 0 amide bonds. The van der Waals surface area contributed by atoms with E-state index in [0.717, 1.165) is 135 Å². The quantitative estimate of drug-likeness (QED) is 0.0591. The first-order chi connectivity index (χ1) is 47.8. The van der Waals surface area contributed by atoms with Gasteiger partial charge in [0.2, 0.25) is 0 Å². The molecule has 3 aromatic rings. The Bertz CT molecular complexity index is 3040. The van der Waals surface area contributed by atoms with Crippen molar-refractivity contribution >= 4 is 39.2 Å². The van der Waals surface area contributed by atoms with Crippen molar-refractivity contribution in [3.63, 3.8) is 0 Å². The molecular formula is C80H126BrK2N9O10. The van der Waals surface area contributed by atoms with Crippen LogP contribution in [0.25, 0.3) is 0 Å². The molecule has 4 N–H and O–H groups in total. The summed E-state index contributed by atoms with van der Waals surface area (Å²) in [5.41, 5.74) is -0.806. The van der Waals surface area contributed by atoms with Crippen LogP contribution in [0.15, 0.2) is 37.2 Å². The number of hydrogen-bond donors (Lipinski definition) is 4. The zero-order chi connectivity index (χ0) is 71.1. The fourth-order valence-corrected chi connectivity index (χ4v) is 27.5. The number of ether oxygens (including phenoxy) is 1. The van der Waals surface area contributed by atoms with Gasteiger partial charge in [-0.15, -0.1) is 5.10 Å². The number of halogens is 1. The summed E-state index contributed by atoms with van der Waals surface area (Å²) in [4.78, 5) is 54.6. The molecule has 0 spiro atoms. The molecule has 1 unspecified atom stereocenters. The maximum absolute atomic E-state index is 13.4. The Morgan fingerprint density at radius 3 is 1.25 bits per heavy atom. The Kier molecular flexibility index (Phi) is 29.2. The number of hydrogen-bond acceptors (Lipinski definition) is 16. The van der Waals surface area contributed by atoms with Crippen LogP contribution in [-0.4, -0.2) is 119 Å². The van der Waals surface area contributed by atoms with Gasteiger partial charge < -0.3 is 31.6 Å². The summed E-state index contributed by atoms with van der Waals surface area (Å²) in [5, 5.41) is 67.5. The van der Waals surface area contributed by atoms with Crippen molar-refractivity contribution in [2.45, 2.75) is 285 Å². The maximum atomic E-state index is 13.4. The first-order valence-electron chi connectivity index (χ1n) is 40.0. The summed E-state index contributed by atoms with van der Waals surface area (Å²) in [6, 6.07) is 0. The molecule has 0 bridgehead atoms. The van der Waals surface area contributed by atoms with Crippen LogP contribution < -0.4 is 108 Å². The van der Waals surface area contributed by atoms with Gasteiger partial charge in [0.15, 0.2) is 17.7 Å². The summed E-state index contributed by atoms with van der Waals surface area (Å²) in [6.07, 6.45) is 42.6. The summed E-state index contributed by atoms with van der Waals surface area (Å²) in [5.74, 6) is 14.7. The molecule has 4 heterocycles. The summed E-state index contributed by atoms with van der Waals surface area (Å²) >= 11 is 3.46. The topological polar surface area (TPSA) is 273 Å². The van der Waals surface area contributed by atoms with E-state index < -0.39 is 28.9 Å². The predicted molar refractivity (Wildman–Crippen MR) is 383 cm³/mol. The first kappa shape index (κ1) is 83.9. The standard InChI is InChI=1S/2C25H39N3O2.C23H37BrO2.C5H8O4.C2H3N3.2K.H/c1-4-16-13-21(22(29)15-28-12-11-26-27-28)25(3)10-8-19-18-7-9-24(2,30)14-17(18)5-6-20(19)23(16)25;1-4-16-13-21(22(29)15-28-26-11-12-27-28)25(3)10-8-19-18-7-9-24(2,30)14-17(18)5-6-20(19)23(16)25;1-4-14-11-19(20(25)13-24)23(3)10-8-17-16-7-9-22(2,26)12-15(16)5-6-18(17)21(14)23;6-5(9-7)4-2-1-3-8-4;1-2-4-5-3-1;;;/h2*11-12,16-21,23,30H,4-10,13-15H2,1-3H3;14-19,21,26H,4-13H2,1-3H3;4,7H,1-3H2;1-2H,(H,3,4,5);;;/q;;;;;2*+1;-1/p-1/t2*16-,17-,18+,19-,20-,21-,23+,24-,25-;14-,15-,16+,17-,18-,19-,21+,22-,23-;;;;;/m111...../s1. The second kappa shape index (κ2) is 35.4. The number of alkyl halides is 1. The largest absolute Gasteiger partial charge is 1.00 e. The van der Waals surface area contributed by atoms with Gasteiger partial charge in [-0.2, -0.15) is 30.4 Å². The van der Waals surface area contributed by atoms with Crippen LogP contribution in [0.3, 0.4) is 0 Å².